The van der Waals surface area contributed by atoms with Crippen LogP contribution < -0.4 is 5.32 Å². The second kappa shape index (κ2) is 6.68. The van der Waals surface area contributed by atoms with Crippen molar-refractivity contribution in [3.8, 4) is 0 Å². The highest BCUT2D eigenvalue weighted by atomic mass is 16.5. The normalized spacial score (nSPS) is 28.5. The van der Waals surface area contributed by atoms with Crippen molar-refractivity contribution in [1.29, 1.82) is 0 Å². The summed E-state index contributed by atoms with van der Waals surface area (Å²) in [6, 6.07) is 0. The summed E-state index contributed by atoms with van der Waals surface area (Å²) in [5, 5.41) is 7.51. The fraction of sp³-hybridized carbons (Fsp3) is 0.867. The van der Waals surface area contributed by atoms with Crippen molar-refractivity contribution in [2.75, 3.05) is 20.2 Å². The van der Waals surface area contributed by atoms with Crippen LogP contribution in [0.4, 0.5) is 0 Å². The van der Waals surface area contributed by atoms with Crippen molar-refractivity contribution in [3.63, 3.8) is 0 Å². The third-order valence-electron chi connectivity index (χ3n) is 4.32. The number of nitrogens with zero attached hydrogens (tertiary/aromatic N) is 2. The summed E-state index contributed by atoms with van der Waals surface area (Å²) in [6.07, 6.45) is 4.37. The first kappa shape index (κ1) is 15.4. The summed E-state index contributed by atoms with van der Waals surface area (Å²) < 4.78 is 11.3. The molecule has 0 amide bonds. The molecule has 1 aromatic rings. The van der Waals surface area contributed by atoms with Crippen LogP contribution in [-0.2, 0) is 10.3 Å². The molecule has 1 aromatic heterocycles. The molecule has 0 saturated heterocycles. The van der Waals surface area contributed by atoms with Gasteiger partial charge in [-0.1, -0.05) is 32.3 Å². The van der Waals surface area contributed by atoms with Crippen molar-refractivity contribution >= 4 is 0 Å². The fourth-order valence-electron chi connectivity index (χ4n) is 3.05. The Labute approximate surface area is 121 Å². The lowest BCUT2D eigenvalue weighted by Gasteiger charge is -2.36. The fourth-order valence-corrected chi connectivity index (χ4v) is 3.05. The number of ether oxygens (including phenoxy) is 1. The smallest absolute Gasteiger partial charge is 0.230 e. The third-order valence-corrected chi connectivity index (χ3v) is 4.32. The molecule has 0 radical (unpaired) electrons. The highest BCUT2D eigenvalue weighted by molar-refractivity contribution is 5.05. The second-order valence-corrected chi connectivity index (χ2v) is 6.06. The SMILES string of the molecule is CCNCC(C)c1nc(C2(OC)CCCC(C)C2)no1. The molecule has 0 aromatic carbocycles. The molecule has 20 heavy (non-hydrogen) atoms. The molecule has 1 aliphatic rings. The lowest BCUT2D eigenvalue weighted by atomic mass is 9.78. The van der Waals surface area contributed by atoms with Crippen LogP contribution in [0.2, 0.25) is 0 Å². The molecule has 0 bridgehead atoms. The number of rotatable bonds is 6. The van der Waals surface area contributed by atoms with Crippen LogP contribution in [0.25, 0.3) is 0 Å². The summed E-state index contributed by atoms with van der Waals surface area (Å²) >= 11 is 0. The van der Waals surface area contributed by atoms with Crippen LogP contribution >= 0.6 is 0 Å². The molecule has 3 atom stereocenters. The minimum absolute atomic E-state index is 0.228. The number of likely N-dealkylation sites (N-methyl/N-ethyl adjacent to an activating group) is 1. The van der Waals surface area contributed by atoms with E-state index in [2.05, 4.69) is 36.2 Å². The minimum atomic E-state index is -0.350. The van der Waals surface area contributed by atoms with Crippen LogP contribution in [0.1, 0.15) is 64.1 Å². The maximum absolute atomic E-state index is 5.81. The van der Waals surface area contributed by atoms with Crippen LogP contribution in [0.15, 0.2) is 4.52 Å². The van der Waals surface area contributed by atoms with Gasteiger partial charge in [0.1, 0.15) is 5.60 Å². The van der Waals surface area contributed by atoms with E-state index in [0.717, 1.165) is 38.2 Å². The van der Waals surface area contributed by atoms with Gasteiger partial charge in [0.05, 0.1) is 0 Å². The minimum Gasteiger partial charge on any atom is -0.370 e. The Balaban J connectivity index is 2.13. The van der Waals surface area contributed by atoms with Gasteiger partial charge in [0.2, 0.25) is 11.7 Å². The average Bonchev–Trinajstić information content (AvgIpc) is 2.95. The topological polar surface area (TPSA) is 60.2 Å². The van der Waals surface area contributed by atoms with Crippen LogP contribution in [-0.4, -0.2) is 30.3 Å². The molecular weight excluding hydrogens is 254 g/mol. The van der Waals surface area contributed by atoms with E-state index >= 15 is 0 Å². The zero-order valence-corrected chi connectivity index (χ0v) is 13.1. The van der Waals surface area contributed by atoms with E-state index in [4.69, 9.17) is 9.26 Å². The first-order valence-corrected chi connectivity index (χ1v) is 7.71. The Morgan fingerprint density at radius 3 is 3.00 bits per heavy atom. The molecule has 0 aliphatic heterocycles. The van der Waals surface area contributed by atoms with E-state index in [0.29, 0.717) is 11.8 Å². The molecule has 1 aliphatic carbocycles. The summed E-state index contributed by atoms with van der Waals surface area (Å²) in [7, 11) is 1.76. The first-order chi connectivity index (χ1) is 9.61. The van der Waals surface area contributed by atoms with Gasteiger partial charge in [-0.15, -0.1) is 0 Å². The standard InChI is InChI=1S/C15H27N3O2/c1-5-16-10-12(3)13-17-14(18-20-13)15(19-4)8-6-7-11(2)9-15/h11-12,16H,5-10H2,1-4H3. The summed E-state index contributed by atoms with van der Waals surface area (Å²) in [5.41, 5.74) is -0.350. The molecule has 1 fully saturated rings. The largest absolute Gasteiger partial charge is 0.370 e. The van der Waals surface area contributed by atoms with Crippen LogP contribution in [0.5, 0.6) is 0 Å². The molecule has 5 nitrogen and oxygen atoms in total. The molecule has 1 saturated carbocycles. The highest BCUT2D eigenvalue weighted by Crippen LogP contribution is 2.41. The predicted octanol–water partition coefficient (Wildman–Crippen LogP) is 2.83. The number of methoxy groups -OCH3 is 1. The van der Waals surface area contributed by atoms with Gasteiger partial charge in [-0.05, 0) is 31.7 Å². The number of hydrogen-bond donors (Lipinski definition) is 1. The Kier molecular flexibility index (Phi) is 5.16. The van der Waals surface area contributed by atoms with Crippen molar-refractivity contribution < 1.29 is 9.26 Å². The zero-order chi connectivity index (χ0) is 14.6. The van der Waals surface area contributed by atoms with Crippen LogP contribution in [0, 0.1) is 5.92 Å². The van der Waals surface area contributed by atoms with E-state index in [1.54, 1.807) is 7.11 Å². The van der Waals surface area contributed by atoms with E-state index in [1.165, 1.54) is 6.42 Å². The van der Waals surface area contributed by atoms with Gasteiger partial charge >= 0.3 is 0 Å². The molecule has 1 heterocycles. The van der Waals surface area contributed by atoms with Crippen LogP contribution in [0.3, 0.4) is 0 Å². The van der Waals surface area contributed by atoms with Gasteiger partial charge in [-0.25, -0.2) is 0 Å². The quantitative estimate of drug-likeness (QED) is 0.869. The van der Waals surface area contributed by atoms with Crippen molar-refractivity contribution in [2.45, 2.75) is 58.0 Å². The average molecular weight is 281 g/mol. The van der Waals surface area contributed by atoms with Crippen molar-refractivity contribution in [1.82, 2.24) is 15.5 Å². The van der Waals surface area contributed by atoms with E-state index in [-0.39, 0.29) is 11.5 Å². The lowest BCUT2D eigenvalue weighted by molar-refractivity contribution is -0.0658. The zero-order valence-electron chi connectivity index (χ0n) is 13.1. The Bertz CT molecular complexity index is 421. The number of nitrogens with one attached hydrogen (secondary N) is 1. The first-order valence-electron chi connectivity index (χ1n) is 7.71. The molecule has 0 spiro atoms. The molecule has 114 valence electrons. The van der Waals surface area contributed by atoms with Gasteiger partial charge in [0.25, 0.3) is 0 Å². The number of hydrogen-bond acceptors (Lipinski definition) is 5. The molecule has 5 heteroatoms. The molecule has 3 unspecified atom stereocenters. The van der Waals surface area contributed by atoms with Crippen molar-refractivity contribution in [2.24, 2.45) is 5.92 Å². The molecule has 2 rings (SSSR count). The van der Waals surface area contributed by atoms with Gasteiger partial charge in [-0.2, -0.15) is 4.98 Å². The third kappa shape index (κ3) is 3.20. The molecular formula is C15H27N3O2. The Morgan fingerprint density at radius 2 is 2.35 bits per heavy atom. The monoisotopic (exact) mass is 281 g/mol. The Hall–Kier alpha value is -0.940. The summed E-state index contributed by atoms with van der Waals surface area (Å²) in [5.74, 6) is 2.30. The summed E-state index contributed by atoms with van der Waals surface area (Å²) in [4.78, 5) is 4.62. The molecule has 1 N–H and O–H groups in total. The Morgan fingerprint density at radius 1 is 1.55 bits per heavy atom. The summed E-state index contributed by atoms with van der Waals surface area (Å²) in [6.45, 7) is 8.26. The van der Waals surface area contributed by atoms with E-state index in [1.807, 2.05) is 0 Å². The van der Waals surface area contributed by atoms with Crippen molar-refractivity contribution in [3.05, 3.63) is 11.7 Å². The lowest BCUT2D eigenvalue weighted by Crippen LogP contribution is -2.35. The van der Waals surface area contributed by atoms with Gasteiger partial charge in [0.15, 0.2) is 0 Å². The van der Waals surface area contributed by atoms with Gasteiger partial charge < -0.3 is 14.6 Å². The van der Waals surface area contributed by atoms with E-state index < -0.39 is 0 Å². The second-order valence-electron chi connectivity index (χ2n) is 6.06. The maximum atomic E-state index is 5.81. The van der Waals surface area contributed by atoms with Gasteiger partial charge in [0, 0.05) is 19.6 Å². The van der Waals surface area contributed by atoms with Gasteiger partial charge in [-0.3, -0.25) is 0 Å². The number of aromatic nitrogens is 2. The van der Waals surface area contributed by atoms with E-state index in [9.17, 15) is 0 Å². The predicted molar refractivity (Wildman–Crippen MR) is 77.6 cm³/mol. The highest BCUT2D eigenvalue weighted by Gasteiger charge is 2.41. The maximum Gasteiger partial charge on any atom is 0.230 e.